The molecule has 1 aromatic carbocycles. The van der Waals surface area contributed by atoms with Crippen LogP contribution in [-0.2, 0) is 14.8 Å². The molecule has 124 valence electrons. The number of rotatable bonds is 8. The van der Waals surface area contributed by atoms with E-state index in [1.807, 2.05) is 38.1 Å². The molecular weight excluding hydrogens is 302 g/mol. The highest BCUT2D eigenvalue weighted by molar-refractivity contribution is 7.88. The zero-order valence-corrected chi connectivity index (χ0v) is 14.5. The van der Waals surface area contributed by atoms with Crippen molar-refractivity contribution in [3.05, 3.63) is 29.8 Å². The summed E-state index contributed by atoms with van der Waals surface area (Å²) in [5.74, 6) is -0.334. The Morgan fingerprint density at radius 1 is 1.14 bits per heavy atom. The monoisotopic (exact) mass is 327 g/mol. The fraction of sp³-hybridized carbons (Fsp3) is 0.533. The number of carbonyl (C=O) groups excluding carboxylic acids is 1. The number of amides is 1. The number of sulfonamides is 1. The maximum Gasteiger partial charge on any atom is 0.239 e. The van der Waals surface area contributed by atoms with Crippen LogP contribution >= 0.6 is 0 Å². The molecule has 7 heteroatoms. The van der Waals surface area contributed by atoms with Crippen LogP contribution in [-0.4, -0.2) is 63.5 Å². The standard InChI is InChI=1S/C15H25N3O3S/c1-13-6-8-14(9-7-13)16-15(19)12-18(22(4,20)21)11-5-10-17(2)3/h6-9H,5,10-12H2,1-4H3,(H,16,19). The van der Waals surface area contributed by atoms with E-state index in [1.54, 1.807) is 12.1 Å². The van der Waals surface area contributed by atoms with Gasteiger partial charge in [-0.15, -0.1) is 0 Å². The van der Waals surface area contributed by atoms with Gasteiger partial charge in [0.15, 0.2) is 0 Å². The van der Waals surface area contributed by atoms with Crippen molar-refractivity contribution in [2.75, 3.05) is 45.3 Å². The van der Waals surface area contributed by atoms with Crippen LogP contribution in [0.2, 0.25) is 0 Å². The van der Waals surface area contributed by atoms with Gasteiger partial charge in [0.2, 0.25) is 15.9 Å². The van der Waals surface area contributed by atoms with Crippen molar-refractivity contribution in [2.24, 2.45) is 0 Å². The summed E-state index contributed by atoms with van der Waals surface area (Å²) in [6.07, 6.45) is 1.81. The van der Waals surface area contributed by atoms with E-state index < -0.39 is 10.0 Å². The normalized spacial score (nSPS) is 11.9. The van der Waals surface area contributed by atoms with Gasteiger partial charge in [-0.3, -0.25) is 4.79 Å². The van der Waals surface area contributed by atoms with Gasteiger partial charge < -0.3 is 10.2 Å². The van der Waals surface area contributed by atoms with Crippen LogP contribution < -0.4 is 5.32 Å². The number of carbonyl (C=O) groups is 1. The molecule has 0 atom stereocenters. The molecule has 0 saturated carbocycles. The Hall–Kier alpha value is -1.44. The van der Waals surface area contributed by atoms with E-state index in [1.165, 1.54) is 4.31 Å². The van der Waals surface area contributed by atoms with Crippen LogP contribution in [0.3, 0.4) is 0 Å². The zero-order chi connectivity index (χ0) is 16.8. The molecule has 0 heterocycles. The summed E-state index contributed by atoms with van der Waals surface area (Å²) in [5, 5.41) is 2.72. The lowest BCUT2D eigenvalue weighted by molar-refractivity contribution is -0.116. The lowest BCUT2D eigenvalue weighted by Crippen LogP contribution is -2.38. The molecule has 22 heavy (non-hydrogen) atoms. The molecule has 0 aliphatic heterocycles. The van der Waals surface area contributed by atoms with Gasteiger partial charge in [0.05, 0.1) is 12.8 Å². The van der Waals surface area contributed by atoms with Crippen LogP contribution in [0.25, 0.3) is 0 Å². The average Bonchev–Trinajstić information content (AvgIpc) is 2.39. The summed E-state index contributed by atoms with van der Waals surface area (Å²) in [6, 6.07) is 7.37. The van der Waals surface area contributed by atoms with Crippen LogP contribution in [0.15, 0.2) is 24.3 Å². The lowest BCUT2D eigenvalue weighted by atomic mass is 10.2. The largest absolute Gasteiger partial charge is 0.325 e. The molecule has 0 radical (unpaired) electrons. The van der Waals surface area contributed by atoms with Gasteiger partial charge in [0, 0.05) is 12.2 Å². The van der Waals surface area contributed by atoms with Crippen molar-refractivity contribution < 1.29 is 13.2 Å². The molecular formula is C15H25N3O3S. The summed E-state index contributed by atoms with van der Waals surface area (Å²) in [7, 11) is 0.448. The Balaban J connectivity index is 2.60. The van der Waals surface area contributed by atoms with Gasteiger partial charge >= 0.3 is 0 Å². The molecule has 1 N–H and O–H groups in total. The van der Waals surface area contributed by atoms with Crippen LogP contribution in [0.4, 0.5) is 5.69 Å². The zero-order valence-electron chi connectivity index (χ0n) is 13.7. The summed E-state index contributed by atoms with van der Waals surface area (Å²) in [5.41, 5.74) is 1.76. The molecule has 0 aliphatic rings. The molecule has 0 spiro atoms. The van der Waals surface area contributed by atoms with E-state index in [9.17, 15) is 13.2 Å². The maximum atomic E-state index is 12.0. The predicted octanol–water partition coefficient (Wildman–Crippen LogP) is 1.15. The molecule has 6 nitrogen and oxygen atoms in total. The second-order valence-corrected chi connectivity index (χ2v) is 7.65. The Labute approximate surface area is 133 Å². The predicted molar refractivity (Wildman–Crippen MR) is 89.4 cm³/mol. The van der Waals surface area contributed by atoms with Crippen molar-refractivity contribution in [3.8, 4) is 0 Å². The molecule has 0 aliphatic carbocycles. The Bertz CT molecular complexity index is 583. The second-order valence-electron chi connectivity index (χ2n) is 5.67. The van der Waals surface area contributed by atoms with Gasteiger partial charge in [-0.25, -0.2) is 8.42 Å². The Morgan fingerprint density at radius 3 is 2.23 bits per heavy atom. The summed E-state index contributed by atoms with van der Waals surface area (Å²) in [4.78, 5) is 14.0. The highest BCUT2D eigenvalue weighted by Crippen LogP contribution is 2.09. The summed E-state index contributed by atoms with van der Waals surface area (Å²) >= 11 is 0. The third-order valence-corrected chi connectivity index (χ3v) is 4.39. The molecule has 0 saturated heterocycles. The van der Waals surface area contributed by atoms with E-state index in [0.717, 1.165) is 18.4 Å². The van der Waals surface area contributed by atoms with Gasteiger partial charge in [-0.05, 0) is 46.1 Å². The number of nitrogens with one attached hydrogen (secondary N) is 1. The fourth-order valence-electron chi connectivity index (χ4n) is 1.92. The van der Waals surface area contributed by atoms with Crippen molar-refractivity contribution >= 4 is 21.6 Å². The first-order chi connectivity index (χ1) is 10.2. The first-order valence-electron chi connectivity index (χ1n) is 7.15. The van der Waals surface area contributed by atoms with Gasteiger partial charge in [0.25, 0.3) is 0 Å². The van der Waals surface area contributed by atoms with Crippen LogP contribution in [0.1, 0.15) is 12.0 Å². The van der Waals surface area contributed by atoms with E-state index in [-0.39, 0.29) is 12.5 Å². The SMILES string of the molecule is Cc1ccc(NC(=O)CN(CCCN(C)C)S(C)(=O)=O)cc1. The average molecular weight is 327 g/mol. The Morgan fingerprint density at radius 2 is 1.73 bits per heavy atom. The molecule has 0 bridgehead atoms. The Kier molecular flexibility index (Phi) is 6.99. The third kappa shape index (κ3) is 7.02. The van der Waals surface area contributed by atoms with Crippen molar-refractivity contribution in [1.29, 1.82) is 0 Å². The lowest BCUT2D eigenvalue weighted by Gasteiger charge is -2.20. The molecule has 1 aromatic rings. The topological polar surface area (TPSA) is 69.7 Å². The van der Waals surface area contributed by atoms with Gasteiger partial charge in [-0.1, -0.05) is 17.7 Å². The molecule has 1 amide bonds. The van der Waals surface area contributed by atoms with Crippen LogP contribution in [0, 0.1) is 6.92 Å². The number of benzene rings is 1. The number of aryl methyl sites for hydroxylation is 1. The minimum atomic E-state index is -3.40. The summed E-state index contributed by atoms with van der Waals surface area (Å²) < 4.78 is 24.8. The van der Waals surface area contributed by atoms with E-state index in [2.05, 4.69) is 5.32 Å². The quantitative estimate of drug-likeness (QED) is 0.777. The minimum absolute atomic E-state index is 0.167. The highest BCUT2D eigenvalue weighted by Gasteiger charge is 2.19. The van der Waals surface area contributed by atoms with Gasteiger partial charge in [-0.2, -0.15) is 4.31 Å². The summed E-state index contributed by atoms with van der Waals surface area (Å²) in [6.45, 7) is 2.89. The van der Waals surface area contributed by atoms with Crippen LogP contribution in [0.5, 0.6) is 0 Å². The molecule has 1 rings (SSSR count). The first kappa shape index (κ1) is 18.6. The number of nitrogens with zero attached hydrogens (tertiary/aromatic N) is 2. The second kappa shape index (κ2) is 8.26. The van der Waals surface area contributed by atoms with Crippen molar-refractivity contribution in [3.63, 3.8) is 0 Å². The first-order valence-corrected chi connectivity index (χ1v) is 8.99. The number of hydrogen-bond acceptors (Lipinski definition) is 4. The van der Waals surface area contributed by atoms with Gasteiger partial charge in [0.1, 0.15) is 0 Å². The van der Waals surface area contributed by atoms with E-state index >= 15 is 0 Å². The molecule has 0 fully saturated rings. The van der Waals surface area contributed by atoms with E-state index in [0.29, 0.717) is 18.7 Å². The molecule has 0 aromatic heterocycles. The molecule has 0 unspecified atom stereocenters. The smallest absolute Gasteiger partial charge is 0.239 e. The van der Waals surface area contributed by atoms with Crippen molar-refractivity contribution in [2.45, 2.75) is 13.3 Å². The third-order valence-electron chi connectivity index (χ3n) is 3.14. The van der Waals surface area contributed by atoms with Crippen molar-refractivity contribution in [1.82, 2.24) is 9.21 Å². The van der Waals surface area contributed by atoms with E-state index in [4.69, 9.17) is 0 Å². The highest BCUT2D eigenvalue weighted by atomic mass is 32.2. The number of hydrogen-bond donors (Lipinski definition) is 1. The minimum Gasteiger partial charge on any atom is -0.325 e. The number of anilines is 1. The maximum absolute atomic E-state index is 12.0. The fourth-order valence-corrected chi connectivity index (χ4v) is 2.74.